The molecule has 0 fully saturated rings. The van der Waals surface area contributed by atoms with Crippen LogP contribution in [0.5, 0.6) is 0 Å². The van der Waals surface area contributed by atoms with E-state index >= 15 is 0 Å². The number of aliphatic hydroxyl groups excluding tert-OH is 1. The van der Waals surface area contributed by atoms with Gasteiger partial charge in [0.05, 0.1) is 0 Å². The molecule has 0 radical (unpaired) electrons. The smallest absolute Gasteiger partial charge is 0.151 e. The molecule has 0 saturated heterocycles. The zero-order chi connectivity index (χ0) is 14.8. The average Bonchev–Trinajstić information content (AvgIpc) is 2.41. The van der Waals surface area contributed by atoms with Crippen LogP contribution in [0.1, 0.15) is 37.3 Å². The van der Waals surface area contributed by atoms with Crippen LogP contribution >= 0.6 is 11.6 Å². The number of halogens is 1. The van der Waals surface area contributed by atoms with E-state index in [0.29, 0.717) is 12.3 Å². The Balaban J connectivity index is 2.44. The Morgan fingerprint density at radius 1 is 1.10 bits per heavy atom. The van der Waals surface area contributed by atoms with Gasteiger partial charge in [-0.1, -0.05) is 31.2 Å². The predicted octanol–water partition coefficient (Wildman–Crippen LogP) is 2.77. The van der Waals surface area contributed by atoms with Crippen molar-refractivity contribution in [2.24, 2.45) is 0 Å². The molecule has 0 heterocycles. The second-order valence-corrected chi connectivity index (χ2v) is 5.53. The quantitative estimate of drug-likeness (QED) is 0.516. The fourth-order valence-corrected chi connectivity index (χ4v) is 2.50. The second-order valence-electron chi connectivity index (χ2n) is 5.15. The SMILES string of the molecule is CCCN(CCCl)Cc1ccc(CCCC(O)O)cc1. The minimum Gasteiger partial charge on any atom is -0.368 e. The van der Waals surface area contributed by atoms with Crippen LogP contribution in [-0.2, 0) is 13.0 Å². The van der Waals surface area contributed by atoms with Crippen LogP contribution in [0.15, 0.2) is 24.3 Å². The topological polar surface area (TPSA) is 43.7 Å². The van der Waals surface area contributed by atoms with Crippen LogP contribution in [0.25, 0.3) is 0 Å². The number of alkyl halides is 1. The third-order valence-electron chi connectivity index (χ3n) is 3.30. The first-order chi connectivity index (χ1) is 9.65. The van der Waals surface area contributed by atoms with E-state index in [1.807, 2.05) is 0 Å². The number of nitrogens with zero attached hydrogens (tertiary/aromatic N) is 1. The van der Waals surface area contributed by atoms with Crippen LogP contribution in [0.3, 0.4) is 0 Å². The van der Waals surface area contributed by atoms with Crippen LogP contribution in [0.4, 0.5) is 0 Å². The highest BCUT2D eigenvalue weighted by atomic mass is 35.5. The van der Waals surface area contributed by atoms with Crippen LogP contribution < -0.4 is 0 Å². The molecule has 0 aliphatic rings. The third kappa shape index (κ3) is 7.25. The Morgan fingerprint density at radius 3 is 2.30 bits per heavy atom. The second kappa shape index (κ2) is 10.2. The van der Waals surface area contributed by atoms with E-state index in [9.17, 15) is 0 Å². The highest BCUT2D eigenvalue weighted by Gasteiger charge is 2.04. The van der Waals surface area contributed by atoms with Gasteiger partial charge in [-0.05, 0) is 43.4 Å². The zero-order valence-electron chi connectivity index (χ0n) is 12.3. The van der Waals surface area contributed by atoms with E-state index < -0.39 is 6.29 Å². The molecule has 1 rings (SSSR count). The Labute approximate surface area is 127 Å². The van der Waals surface area contributed by atoms with Crippen molar-refractivity contribution in [3.63, 3.8) is 0 Å². The lowest BCUT2D eigenvalue weighted by Gasteiger charge is -2.20. The van der Waals surface area contributed by atoms with Crippen LogP contribution in [0, 0.1) is 0 Å². The molecule has 0 aromatic heterocycles. The van der Waals surface area contributed by atoms with Crippen LogP contribution in [-0.4, -0.2) is 40.4 Å². The van der Waals surface area contributed by atoms with Gasteiger partial charge in [-0.25, -0.2) is 0 Å². The molecule has 20 heavy (non-hydrogen) atoms. The summed E-state index contributed by atoms with van der Waals surface area (Å²) in [5.41, 5.74) is 2.54. The fourth-order valence-electron chi connectivity index (χ4n) is 2.26. The summed E-state index contributed by atoms with van der Waals surface area (Å²) in [6.45, 7) is 5.12. The molecule has 0 spiro atoms. The predicted molar refractivity (Wildman–Crippen MR) is 83.9 cm³/mol. The van der Waals surface area contributed by atoms with Gasteiger partial charge in [-0.3, -0.25) is 4.90 Å². The van der Waals surface area contributed by atoms with E-state index in [-0.39, 0.29) is 0 Å². The first-order valence-corrected chi connectivity index (χ1v) is 7.91. The first-order valence-electron chi connectivity index (χ1n) is 7.38. The number of aliphatic hydroxyl groups is 2. The Kier molecular flexibility index (Phi) is 8.86. The molecule has 0 amide bonds. The summed E-state index contributed by atoms with van der Waals surface area (Å²) in [6.07, 6.45) is 2.07. The van der Waals surface area contributed by atoms with Gasteiger partial charge >= 0.3 is 0 Å². The largest absolute Gasteiger partial charge is 0.368 e. The first kappa shape index (κ1) is 17.4. The van der Waals surface area contributed by atoms with Gasteiger partial charge in [-0.15, -0.1) is 11.6 Å². The normalized spacial score (nSPS) is 11.5. The number of aryl methyl sites for hydroxylation is 1. The number of benzene rings is 1. The van der Waals surface area contributed by atoms with Crippen LogP contribution in [0.2, 0.25) is 0 Å². The molecule has 0 saturated carbocycles. The minimum atomic E-state index is -1.19. The molecule has 3 nitrogen and oxygen atoms in total. The van der Waals surface area contributed by atoms with Crippen molar-refractivity contribution in [1.82, 2.24) is 4.90 Å². The summed E-state index contributed by atoms with van der Waals surface area (Å²) in [7, 11) is 0. The lowest BCUT2D eigenvalue weighted by atomic mass is 10.1. The molecule has 1 aromatic rings. The van der Waals surface area contributed by atoms with Gasteiger partial charge in [0.25, 0.3) is 0 Å². The molecule has 2 N–H and O–H groups in total. The van der Waals surface area contributed by atoms with Crippen molar-refractivity contribution in [1.29, 1.82) is 0 Å². The van der Waals surface area contributed by atoms with Crippen molar-refractivity contribution in [3.8, 4) is 0 Å². The van der Waals surface area contributed by atoms with E-state index in [2.05, 4.69) is 36.1 Å². The molecule has 0 aliphatic carbocycles. The Bertz CT molecular complexity index is 348. The summed E-state index contributed by atoms with van der Waals surface area (Å²) < 4.78 is 0. The Hall–Kier alpha value is -0.610. The zero-order valence-corrected chi connectivity index (χ0v) is 13.0. The maximum Gasteiger partial charge on any atom is 0.151 e. The van der Waals surface area contributed by atoms with Gasteiger partial charge in [0.1, 0.15) is 0 Å². The van der Waals surface area contributed by atoms with Gasteiger partial charge in [-0.2, -0.15) is 0 Å². The molecule has 0 unspecified atom stereocenters. The standard InChI is InChI=1S/C16H26ClNO2/c1-2-11-18(12-10-17)13-15-8-6-14(7-9-15)4-3-5-16(19)20/h6-9,16,19-20H,2-5,10-13H2,1H3. The summed E-state index contributed by atoms with van der Waals surface area (Å²) in [5.74, 6) is 0.668. The van der Waals surface area contributed by atoms with E-state index in [1.165, 1.54) is 11.1 Å². The summed E-state index contributed by atoms with van der Waals surface area (Å²) >= 11 is 5.82. The van der Waals surface area contributed by atoms with Gasteiger partial charge in [0, 0.05) is 19.0 Å². The van der Waals surface area contributed by atoms with E-state index in [0.717, 1.165) is 38.9 Å². The molecule has 0 aliphatic heterocycles. The molecule has 4 heteroatoms. The van der Waals surface area contributed by atoms with Crippen molar-refractivity contribution in [2.75, 3.05) is 19.0 Å². The molecule has 0 atom stereocenters. The number of rotatable bonds is 10. The molecule has 0 bridgehead atoms. The van der Waals surface area contributed by atoms with Crippen molar-refractivity contribution in [2.45, 2.75) is 45.4 Å². The molecular formula is C16H26ClNO2. The third-order valence-corrected chi connectivity index (χ3v) is 3.47. The van der Waals surface area contributed by atoms with Gasteiger partial charge in [0.2, 0.25) is 0 Å². The lowest BCUT2D eigenvalue weighted by Crippen LogP contribution is -2.26. The molecular weight excluding hydrogens is 274 g/mol. The highest BCUT2D eigenvalue weighted by Crippen LogP contribution is 2.11. The highest BCUT2D eigenvalue weighted by molar-refractivity contribution is 6.18. The maximum atomic E-state index is 8.81. The van der Waals surface area contributed by atoms with Crippen molar-refractivity contribution < 1.29 is 10.2 Å². The van der Waals surface area contributed by atoms with Crippen molar-refractivity contribution in [3.05, 3.63) is 35.4 Å². The molecule has 1 aromatic carbocycles. The van der Waals surface area contributed by atoms with Gasteiger partial charge < -0.3 is 10.2 Å². The summed E-state index contributed by atoms with van der Waals surface area (Å²) in [4.78, 5) is 2.37. The Morgan fingerprint density at radius 2 is 1.75 bits per heavy atom. The van der Waals surface area contributed by atoms with E-state index in [4.69, 9.17) is 21.8 Å². The molecule has 114 valence electrons. The minimum absolute atomic E-state index is 0.432. The van der Waals surface area contributed by atoms with Gasteiger partial charge in [0.15, 0.2) is 6.29 Å². The fraction of sp³-hybridized carbons (Fsp3) is 0.625. The lowest BCUT2D eigenvalue weighted by molar-refractivity contribution is -0.0461. The monoisotopic (exact) mass is 299 g/mol. The average molecular weight is 300 g/mol. The number of hydrogen-bond acceptors (Lipinski definition) is 3. The summed E-state index contributed by atoms with van der Waals surface area (Å²) in [6, 6.07) is 8.57. The van der Waals surface area contributed by atoms with E-state index in [1.54, 1.807) is 0 Å². The summed E-state index contributed by atoms with van der Waals surface area (Å²) in [5, 5.41) is 17.6. The number of hydrogen-bond donors (Lipinski definition) is 2. The maximum absolute atomic E-state index is 8.81. The van der Waals surface area contributed by atoms with Crippen molar-refractivity contribution >= 4 is 11.6 Å².